The molecule has 2 unspecified atom stereocenters. The normalized spacial score (nSPS) is 24.6. The molecular formula is C10H17N3O2S. The molecule has 90 valence electrons. The summed E-state index contributed by atoms with van der Waals surface area (Å²) in [5.74, 6) is 3.43. The first-order valence-electron chi connectivity index (χ1n) is 5.45. The van der Waals surface area contributed by atoms with Crippen molar-refractivity contribution < 1.29 is 9.63 Å². The number of rotatable bonds is 3. The second-order valence-electron chi connectivity index (χ2n) is 4.17. The Labute approximate surface area is 99.2 Å². The highest BCUT2D eigenvalue weighted by Gasteiger charge is 2.25. The summed E-state index contributed by atoms with van der Waals surface area (Å²) in [5.41, 5.74) is 0. The fourth-order valence-corrected chi connectivity index (χ4v) is 2.91. The summed E-state index contributed by atoms with van der Waals surface area (Å²) in [7, 11) is 2.08. The number of nitrogens with zero attached hydrogens (tertiary/aromatic N) is 3. The minimum Gasteiger partial charge on any atom is -0.393 e. The third-order valence-electron chi connectivity index (χ3n) is 2.65. The molecule has 0 radical (unpaired) electrons. The Morgan fingerprint density at radius 1 is 1.69 bits per heavy atom. The van der Waals surface area contributed by atoms with Gasteiger partial charge in [0.2, 0.25) is 5.89 Å². The van der Waals surface area contributed by atoms with Crippen molar-refractivity contribution in [2.24, 2.45) is 0 Å². The van der Waals surface area contributed by atoms with Gasteiger partial charge >= 0.3 is 0 Å². The van der Waals surface area contributed by atoms with E-state index in [1.165, 1.54) is 0 Å². The Morgan fingerprint density at radius 3 is 3.19 bits per heavy atom. The Bertz CT molecular complexity index is 343. The van der Waals surface area contributed by atoms with Gasteiger partial charge < -0.3 is 9.63 Å². The van der Waals surface area contributed by atoms with Gasteiger partial charge in [-0.2, -0.15) is 16.7 Å². The summed E-state index contributed by atoms with van der Waals surface area (Å²) in [6, 6.07) is 0.241. The molecule has 2 atom stereocenters. The van der Waals surface area contributed by atoms with Crippen molar-refractivity contribution in [2.75, 3.05) is 25.1 Å². The number of aliphatic hydroxyl groups is 1. The second kappa shape index (κ2) is 5.16. The molecule has 1 fully saturated rings. The van der Waals surface area contributed by atoms with Gasteiger partial charge in [0.25, 0.3) is 0 Å². The Morgan fingerprint density at radius 2 is 2.50 bits per heavy atom. The van der Waals surface area contributed by atoms with Gasteiger partial charge in [-0.1, -0.05) is 5.16 Å². The fourth-order valence-electron chi connectivity index (χ4n) is 1.70. The maximum absolute atomic E-state index is 9.24. The molecule has 0 amide bonds. The molecule has 6 heteroatoms. The molecule has 0 aliphatic carbocycles. The minimum absolute atomic E-state index is 0.241. The first kappa shape index (κ1) is 11.9. The zero-order valence-corrected chi connectivity index (χ0v) is 10.4. The topological polar surface area (TPSA) is 62.4 Å². The monoisotopic (exact) mass is 243 g/mol. The molecule has 16 heavy (non-hydrogen) atoms. The van der Waals surface area contributed by atoms with E-state index < -0.39 is 6.10 Å². The highest BCUT2D eigenvalue weighted by molar-refractivity contribution is 7.99. The quantitative estimate of drug-likeness (QED) is 0.843. The van der Waals surface area contributed by atoms with Gasteiger partial charge in [0.15, 0.2) is 5.82 Å². The number of aliphatic hydroxyl groups excluding tert-OH is 1. The maximum Gasteiger partial charge on any atom is 0.229 e. The van der Waals surface area contributed by atoms with Gasteiger partial charge in [0, 0.05) is 18.1 Å². The molecule has 2 rings (SSSR count). The van der Waals surface area contributed by atoms with Crippen molar-refractivity contribution in [1.29, 1.82) is 0 Å². The van der Waals surface area contributed by atoms with Gasteiger partial charge in [-0.15, -0.1) is 0 Å². The summed E-state index contributed by atoms with van der Waals surface area (Å²) in [4.78, 5) is 6.58. The highest BCUT2D eigenvalue weighted by Crippen LogP contribution is 2.26. The van der Waals surface area contributed by atoms with Crippen LogP contribution in [0.15, 0.2) is 4.52 Å². The molecule has 5 nitrogen and oxygen atoms in total. The lowest BCUT2D eigenvalue weighted by molar-refractivity contribution is 0.181. The number of thioether (sulfide) groups is 1. The van der Waals surface area contributed by atoms with E-state index in [1.54, 1.807) is 6.92 Å². The van der Waals surface area contributed by atoms with Crippen LogP contribution in [0.1, 0.15) is 24.7 Å². The number of hydrogen-bond acceptors (Lipinski definition) is 6. The van der Waals surface area contributed by atoms with Crippen molar-refractivity contribution in [3.8, 4) is 0 Å². The summed E-state index contributed by atoms with van der Waals surface area (Å²) < 4.78 is 5.12. The maximum atomic E-state index is 9.24. The molecule has 1 aliphatic rings. The van der Waals surface area contributed by atoms with E-state index in [0.29, 0.717) is 12.3 Å². The predicted octanol–water partition coefficient (Wildman–Crippen LogP) is 0.713. The lowest BCUT2D eigenvalue weighted by Gasteiger charge is -2.29. The van der Waals surface area contributed by atoms with Crippen LogP contribution in [0.4, 0.5) is 0 Å². The van der Waals surface area contributed by atoms with Crippen molar-refractivity contribution >= 4 is 11.8 Å². The minimum atomic E-state index is -0.438. The lowest BCUT2D eigenvalue weighted by Crippen LogP contribution is -2.33. The number of hydrogen-bond donors (Lipinski definition) is 1. The van der Waals surface area contributed by atoms with E-state index >= 15 is 0 Å². The van der Waals surface area contributed by atoms with E-state index in [-0.39, 0.29) is 6.04 Å². The Hall–Kier alpha value is -0.590. The average Bonchev–Trinajstić information content (AvgIpc) is 2.66. The van der Waals surface area contributed by atoms with Gasteiger partial charge in [-0.05, 0) is 14.0 Å². The van der Waals surface area contributed by atoms with Crippen LogP contribution >= 0.6 is 11.8 Å². The largest absolute Gasteiger partial charge is 0.393 e. The Balaban J connectivity index is 2.05. The molecule has 1 aromatic rings. The molecule has 0 bridgehead atoms. The van der Waals surface area contributed by atoms with Crippen molar-refractivity contribution in [2.45, 2.75) is 25.5 Å². The first-order chi connectivity index (χ1) is 7.66. The molecule has 0 aromatic carbocycles. The van der Waals surface area contributed by atoms with E-state index in [2.05, 4.69) is 22.1 Å². The second-order valence-corrected chi connectivity index (χ2v) is 5.32. The van der Waals surface area contributed by atoms with Crippen LogP contribution in [0, 0.1) is 0 Å². The van der Waals surface area contributed by atoms with Gasteiger partial charge in [-0.25, -0.2) is 0 Å². The molecule has 1 saturated heterocycles. The number of aromatic nitrogens is 2. The molecule has 1 aliphatic heterocycles. The lowest BCUT2D eigenvalue weighted by atomic mass is 10.2. The smallest absolute Gasteiger partial charge is 0.229 e. The zero-order chi connectivity index (χ0) is 11.5. The van der Waals surface area contributed by atoms with Gasteiger partial charge in [0.05, 0.1) is 18.6 Å². The van der Waals surface area contributed by atoms with Crippen molar-refractivity contribution in [3.05, 3.63) is 11.7 Å². The molecule has 0 spiro atoms. The van der Waals surface area contributed by atoms with Gasteiger partial charge in [-0.3, -0.25) is 4.90 Å². The van der Waals surface area contributed by atoms with Crippen LogP contribution in [0.3, 0.4) is 0 Å². The van der Waals surface area contributed by atoms with Crippen LogP contribution in [-0.2, 0) is 6.42 Å². The van der Waals surface area contributed by atoms with Crippen molar-refractivity contribution in [3.63, 3.8) is 0 Å². The van der Waals surface area contributed by atoms with Crippen LogP contribution in [-0.4, -0.2) is 51.3 Å². The summed E-state index contributed by atoms with van der Waals surface area (Å²) in [6.45, 7) is 2.77. The third kappa shape index (κ3) is 2.75. The van der Waals surface area contributed by atoms with E-state index in [1.807, 2.05) is 11.8 Å². The molecule has 1 aromatic heterocycles. The standard InChI is InChI=1S/C10H17N3O2S/c1-7(14)5-9-11-10(12-15-9)8-6-16-4-3-13(8)2/h7-8,14H,3-6H2,1-2H3. The van der Waals surface area contributed by atoms with E-state index in [4.69, 9.17) is 4.52 Å². The SMILES string of the molecule is CC(O)Cc1nc(C2CSCCN2C)no1. The Kier molecular flexibility index (Phi) is 3.83. The van der Waals surface area contributed by atoms with Crippen LogP contribution in [0.2, 0.25) is 0 Å². The fraction of sp³-hybridized carbons (Fsp3) is 0.800. The van der Waals surface area contributed by atoms with E-state index in [9.17, 15) is 5.11 Å². The van der Waals surface area contributed by atoms with Crippen LogP contribution in [0.25, 0.3) is 0 Å². The summed E-state index contributed by atoms with van der Waals surface area (Å²) >= 11 is 1.91. The third-order valence-corrected chi connectivity index (χ3v) is 3.67. The zero-order valence-electron chi connectivity index (χ0n) is 9.59. The van der Waals surface area contributed by atoms with Crippen LogP contribution in [0.5, 0.6) is 0 Å². The molecular weight excluding hydrogens is 226 g/mol. The van der Waals surface area contributed by atoms with Crippen LogP contribution < -0.4 is 0 Å². The molecule has 1 N–H and O–H groups in total. The van der Waals surface area contributed by atoms with Gasteiger partial charge in [0.1, 0.15) is 0 Å². The predicted molar refractivity (Wildman–Crippen MR) is 62.4 cm³/mol. The van der Waals surface area contributed by atoms with Crippen molar-refractivity contribution in [1.82, 2.24) is 15.0 Å². The first-order valence-corrected chi connectivity index (χ1v) is 6.61. The average molecular weight is 243 g/mol. The van der Waals surface area contributed by atoms with E-state index in [0.717, 1.165) is 23.9 Å². The summed E-state index contributed by atoms with van der Waals surface area (Å²) in [5, 5.41) is 13.2. The molecule has 2 heterocycles. The highest BCUT2D eigenvalue weighted by atomic mass is 32.2. The molecule has 0 saturated carbocycles. The summed E-state index contributed by atoms with van der Waals surface area (Å²) in [6.07, 6.45) is -0.0110.